The molecular weight excluding hydrogens is 232 g/mol. The highest BCUT2D eigenvalue weighted by Gasteiger charge is 2.11. The molecule has 1 nitrogen and oxygen atoms in total. The zero-order chi connectivity index (χ0) is 12.4. The molecular formula is C18H10O. The highest BCUT2D eigenvalue weighted by Crippen LogP contribution is 2.38. The lowest BCUT2D eigenvalue weighted by molar-refractivity contribution is 0.616. The van der Waals surface area contributed by atoms with Gasteiger partial charge in [-0.05, 0) is 44.5 Å². The van der Waals surface area contributed by atoms with Gasteiger partial charge in [-0.3, -0.25) is 0 Å². The molecule has 0 aliphatic heterocycles. The van der Waals surface area contributed by atoms with Gasteiger partial charge in [0.2, 0.25) is 0 Å². The molecule has 0 radical (unpaired) electrons. The lowest BCUT2D eigenvalue weighted by Crippen LogP contribution is -1.83. The van der Waals surface area contributed by atoms with Crippen molar-refractivity contribution in [1.82, 2.24) is 0 Å². The smallest absolute Gasteiger partial charge is 0.135 e. The molecule has 0 unspecified atom stereocenters. The Kier molecular flexibility index (Phi) is 1.52. The fourth-order valence-corrected chi connectivity index (χ4v) is 3.25. The molecule has 0 aliphatic carbocycles. The zero-order valence-corrected chi connectivity index (χ0v) is 10.2. The molecule has 0 aliphatic rings. The summed E-state index contributed by atoms with van der Waals surface area (Å²) in [4.78, 5) is 0. The SMILES string of the molecule is c1cc2ccc3cc4occc4c4ccc(c1)c2c34. The van der Waals surface area contributed by atoms with E-state index in [0.717, 1.165) is 5.58 Å². The van der Waals surface area contributed by atoms with Crippen LogP contribution < -0.4 is 0 Å². The van der Waals surface area contributed by atoms with Gasteiger partial charge in [-0.15, -0.1) is 0 Å². The van der Waals surface area contributed by atoms with E-state index >= 15 is 0 Å². The van der Waals surface area contributed by atoms with E-state index in [1.54, 1.807) is 6.26 Å². The number of rotatable bonds is 0. The first-order valence-corrected chi connectivity index (χ1v) is 6.45. The van der Waals surface area contributed by atoms with Crippen LogP contribution in [0.25, 0.3) is 43.3 Å². The maximum Gasteiger partial charge on any atom is 0.135 e. The Labute approximate surface area is 109 Å². The third kappa shape index (κ3) is 1.06. The monoisotopic (exact) mass is 242 g/mol. The van der Waals surface area contributed by atoms with Crippen LogP contribution in [-0.2, 0) is 0 Å². The summed E-state index contributed by atoms with van der Waals surface area (Å²) in [5.74, 6) is 0. The van der Waals surface area contributed by atoms with Crippen molar-refractivity contribution < 1.29 is 4.42 Å². The molecule has 4 aromatic carbocycles. The van der Waals surface area contributed by atoms with Crippen LogP contribution in [0.2, 0.25) is 0 Å². The molecule has 88 valence electrons. The van der Waals surface area contributed by atoms with E-state index < -0.39 is 0 Å². The molecule has 1 heteroatoms. The Hall–Kier alpha value is -2.54. The van der Waals surface area contributed by atoms with Crippen LogP contribution in [0.3, 0.4) is 0 Å². The van der Waals surface area contributed by atoms with E-state index in [0.29, 0.717) is 0 Å². The van der Waals surface area contributed by atoms with Gasteiger partial charge in [0.15, 0.2) is 0 Å². The van der Waals surface area contributed by atoms with Crippen LogP contribution in [0, 0.1) is 0 Å². The number of hydrogen-bond donors (Lipinski definition) is 0. The van der Waals surface area contributed by atoms with Crippen molar-refractivity contribution in [3.05, 3.63) is 60.9 Å². The van der Waals surface area contributed by atoms with Crippen molar-refractivity contribution in [2.24, 2.45) is 0 Å². The summed E-state index contributed by atoms with van der Waals surface area (Å²) >= 11 is 0. The maximum atomic E-state index is 5.57. The summed E-state index contributed by atoms with van der Waals surface area (Å²) in [6.45, 7) is 0. The maximum absolute atomic E-state index is 5.57. The average molecular weight is 242 g/mol. The van der Waals surface area contributed by atoms with Crippen molar-refractivity contribution in [2.45, 2.75) is 0 Å². The van der Waals surface area contributed by atoms with Gasteiger partial charge in [-0.25, -0.2) is 0 Å². The summed E-state index contributed by atoms with van der Waals surface area (Å²) in [7, 11) is 0. The topological polar surface area (TPSA) is 13.1 Å². The first-order valence-electron chi connectivity index (χ1n) is 6.45. The van der Waals surface area contributed by atoms with Crippen LogP contribution in [0.1, 0.15) is 0 Å². The first-order chi connectivity index (χ1) is 9.42. The molecule has 19 heavy (non-hydrogen) atoms. The third-order valence-corrected chi connectivity index (χ3v) is 4.08. The second-order valence-corrected chi connectivity index (χ2v) is 5.07. The van der Waals surface area contributed by atoms with E-state index in [4.69, 9.17) is 4.42 Å². The summed E-state index contributed by atoms with van der Waals surface area (Å²) in [5.41, 5.74) is 0.964. The summed E-state index contributed by atoms with van der Waals surface area (Å²) < 4.78 is 5.57. The number of fused-ring (bicyclic) bond motifs is 2. The van der Waals surface area contributed by atoms with Gasteiger partial charge in [0.25, 0.3) is 0 Å². The largest absolute Gasteiger partial charge is 0.464 e. The molecule has 0 fully saturated rings. The Balaban J connectivity index is 2.27. The molecule has 0 atom stereocenters. The van der Waals surface area contributed by atoms with Crippen LogP contribution >= 0.6 is 0 Å². The fourth-order valence-electron chi connectivity index (χ4n) is 3.25. The molecule has 5 rings (SSSR count). The van der Waals surface area contributed by atoms with Gasteiger partial charge in [0, 0.05) is 5.39 Å². The van der Waals surface area contributed by atoms with Gasteiger partial charge in [-0.1, -0.05) is 42.5 Å². The van der Waals surface area contributed by atoms with Crippen LogP contribution in [0.15, 0.2) is 65.3 Å². The standard InChI is InChI=1S/C18H10O/c1-2-11-4-5-13-10-16-14(8-9-19-16)15-7-6-12(3-1)17(11)18(13)15/h1-10H. The predicted octanol–water partition coefficient (Wildman–Crippen LogP) is 5.33. The van der Waals surface area contributed by atoms with Gasteiger partial charge < -0.3 is 4.42 Å². The zero-order valence-electron chi connectivity index (χ0n) is 10.2. The minimum absolute atomic E-state index is 0.964. The molecule has 0 amide bonds. The Morgan fingerprint density at radius 1 is 0.632 bits per heavy atom. The van der Waals surface area contributed by atoms with E-state index in [9.17, 15) is 0 Å². The average Bonchev–Trinajstić information content (AvgIpc) is 2.92. The third-order valence-electron chi connectivity index (χ3n) is 4.08. The Bertz CT molecular complexity index is 1040. The van der Waals surface area contributed by atoms with Gasteiger partial charge >= 0.3 is 0 Å². The molecule has 1 heterocycles. The van der Waals surface area contributed by atoms with E-state index in [1.807, 2.05) is 0 Å². The molecule has 5 aromatic rings. The molecule has 0 saturated carbocycles. The van der Waals surface area contributed by atoms with E-state index in [-0.39, 0.29) is 0 Å². The lowest BCUT2D eigenvalue weighted by atomic mass is 9.93. The highest BCUT2D eigenvalue weighted by molar-refractivity contribution is 6.28. The lowest BCUT2D eigenvalue weighted by Gasteiger charge is -2.10. The Morgan fingerprint density at radius 3 is 2.32 bits per heavy atom. The first kappa shape index (κ1) is 9.40. The van der Waals surface area contributed by atoms with E-state index in [1.165, 1.54) is 37.7 Å². The van der Waals surface area contributed by atoms with Crippen molar-refractivity contribution >= 4 is 43.3 Å². The number of furan rings is 1. The van der Waals surface area contributed by atoms with Gasteiger partial charge in [0.05, 0.1) is 6.26 Å². The minimum Gasteiger partial charge on any atom is -0.464 e. The van der Waals surface area contributed by atoms with Crippen LogP contribution in [0.4, 0.5) is 0 Å². The van der Waals surface area contributed by atoms with Gasteiger partial charge in [0.1, 0.15) is 5.58 Å². The second-order valence-electron chi connectivity index (χ2n) is 5.07. The number of hydrogen-bond acceptors (Lipinski definition) is 1. The minimum atomic E-state index is 0.964. The van der Waals surface area contributed by atoms with Crippen molar-refractivity contribution in [1.29, 1.82) is 0 Å². The highest BCUT2D eigenvalue weighted by atomic mass is 16.3. The van der Waals surface area contributed by atoms with Crippen molar-refractivity contribution in [2.75, 3.05) is 0 Å². The fraction of sp³-hybridized carbons (Fsp3) is 0. The summed E-state index contributed by atoms with van der Waals surface area (Å²) in [6, 6.07) is 19.5. The Morgan fingerprint density at radius 2 is 1.42 bits per heavy atom. The second kappa shape index (κ2) is 3.07. The molecule has 1 aromatic heterocycles. The summed E-state index contributed by atoms with van der Waals surface area (Å²) in [6.07, 6.45) is 1.77. The number of benzene rings is 4. The molecule has 0 N–H and O–H groups in total. The van der Waals surface area contributed by atoms with Gasteiger partial charge in [-0.2, -0.15) is 0 Å². The molecule has 0 spiro atoms. The quantitative estimate of drug-likeness (QED) is 0.334. The summed E-state index contributed by atoms with van der Waals surface area (Å²) in [5, 5.41) is 9.06. The normalized spacial score (nSPS) is 12.2. The van der Waals surface area contributed by atoms with E-state index in [2.05, 4.69) is 54.6 Å². The van der Waals surface area contributed by atoms with Crippen molar-refractivity contribution in [3.8, 4) is 0 Å². The van der Waals surface area contributed by atoms with Crippen LogP contribution in [0.5, 0.6) is 0 Å². The molecule has 0 bridgehead atoms. The molecule has 0 saturated heterocycles. The predicted molar refractivity (Wildman–Crippen MR) is 79.9 cm³/mol. The van der Waals surface area contributed by atoms with Crippen LogP contribution in [-0.4, -0.2) is 0 Å². The van der Waals surface area contributed by atoms with Crippen molar-refractivity contribution in [3.63, 3.8) is 0 Å².